The Morgan fingerprint density at radius 2 is 1.90 bits per heavy atom. The zero-order valence-corrected chi connectivity index (χ0v) is 12.0. The molecule has 0 aromatic heterocycles. The third-order valence-corrected chi connectivity index (χ3v) is 2.93. The summed E-state index contributed by atoms with van der Waals surface area (Å²) < 4.78 is 10.4. The van der Waals surface area contributed by atoms with Crippen LogP contribution in [0.15, 0.2) is 24.3 Å². The minimum Gasteiger partial charge on any atom is -0.395 e. The molecule has 1 aromatic rings. The molecule has 0 atom stereocenters. The predicted molar refractivity (Wildman–Crippen MR) is 78.2 cm³/mol. The molecule has 0 saturated heterocycles. The number of anilines is 1. The number of rotatable bonds is 11. The van der Waals surface area contributed by atoms with Crippen molar-refractivity contribution < 1.29 is 19.4 Å². The van der Waals surface area contributed by atoms with Gasteiger partial charge in [0.1, 0.15) is 6.29 Å². The van der Waals surface area contributed by atoms with Crippen LogP contribution in [0, 0.1) is 0 Å². The smallest absolute Gasteiger partial charge is 0.124 e. The highest BCUT2D eigenvalue weighted by Crippen LogP contribution is 2.15. The number of aliphatic hydroxyl groups excluding tert-OH is 1. The van der Waals surface area contributed by atoms with Crippen LogP contribution >= 0.6 is 0 Å². The maximum Gasteiger partial charge on any atom is 0.124 e. The summed E-state index contributed by atoms with van der Waals surface area (Å²) in [6.45, 7) is 3.09. The molecule has 0 radical (unpaired) electrons. The molecule has 1 rings (SSSR count). The molecule has 20 heavy (non-hydrogen) atoms. The number of aldehydes is 1. The van der Waals surface area contributed by atoms with Crippen molar-refractivity contribution in [3.05, 3.63) is 29.8 Å². The summed E-state index contributed by atoms with van der Waals surface area (Å²) in [6.07, 6.45) is 1.32. The first-order chi connectivity index (χ1) is 9.81. The first-order valence-corrected chi connectivity index (χ1v) is 6.77. The number of carbonyl (C=O) groups is 1. The summed E-state index contributed by atoms with van der Waals surface area (Å²) in [5.74, 6) is 0. The van der Waals surface area contributed by atoms with Crippen LogP contribution in [-0.2, 0) is 20.7 Å². The first-order valence-electron chi connectivity index (χ1n) is 6.77. The molecule has 5 nitrogen and oxygen atoms in total. The van der Waals surface area contributed by atoms with Crippen LogP contribution in [0.4, 0.5) is 5.69 Å². The van der Waals surface area contributed by atoms with E-state index in [4.69, 9.17) is 14.6 Å². The Kier molecular flexibility index (Phi) is 8.62. The van der Waals surface area contributed by atoms with Gasteiger partial charge in [-0.15, -0.1) is 0 Å². The Labute approximate surface area is 120 Å². The molecule has 0 aliphatic heterocycles. The fraction of sp³-hybridized carbons (Fsp3) is 0.533. The van der Waals surface area contributed by atoms with E-state index in [1.54, 1.807) is 7.11 Å². The van der Waals surface area contributed by atoms with Crippen LogP contribution in [-0.4, -0.2) is 58.0 Å². The second-order valence-corrected chi connectivity index (χ2v) is 4.35. The van der Waals surface area contributed by atoms with E-state index in [0.29, 0.717) is 39.3 Å². The number of aliphatic hydroxyl groups is 1. The molecular formula is C15H23NO4. The number of methoxy groups -OCH3 is 1. The van der Waals surface area contributed by atoms with Gasteiger partial charge in [0.15, 0.2) is 0 Å². The van der Waals surface area contributed by atoms with Crippen LogP contribution in [0.1, 0.15) is 5.56 Å². The lowest BCUT2D eigenvalue weighted by Gasteiger charge is -2.24. The van der Waals surface area contributed by atoms with Crippen molar-refractivity contribution in [1.82, 2.24) is 0 Å². The van der Waals surface area contributed by atoms with Crippen molar-refractivity contribution in [3.63, 3.8) is 0 Å². The third-order valence-electron chi connectivity index (χ3n) is 2.93. The molecule has 0 spiro atoms. The highest BCUT2D eigenvalue weighted by atomic mass is 16.5. The Hall–Kier alpha value is -1.43. The predicted octanol–water partition coefficient (Wildman–Crippen LogP) is 0.890. The summed E-state index contributed by atoms with van der Waals surface area (Å²) in [5.41, 5.74) is 2.01. The summed E-state index contributed by atoms with van der Waals surface area (Å²) in [4.78, 5) is 12.5. The SMILES string of the molecule is COCCOCCN(CCO)c1ccc(CC=O)cc1. The van der Waals surface area contributed by atoms with Gasteiger partial charge in [-0.2, -0.15) is 0 Å². The molecule has 112 valence electrons. The second-order valence-electron chi connectivity index (χ2n) is 4.35. The van der Waals surface area contributed by atoms with Crippen molar-refractivity contribution >= 4 is 12.0 Å². The fourth-order valence-electron chi connectivity index (χ4n) is 1.85. The summed E-state index contributed by atoms with van der Waals surface area (Å²) in [7, 11) is 1.64. The molecule has 0 aliphatic rings. The average Bonchev–Trinajstić information content (AvgIpc) is 2.47. The lowest BCUT2D eigenvalue weighted by molar-refractivity contribution is -0.107. The van der Waals surface area contributed by atoms with Gasteiger partial charge < -0.3 is 24.3 Å². The number of benzene rings is 1. The first kappa shape index (κ1) is 16.6. The number of carbonyl (C=O) groups excluding carboxylic acids is 1. The molecule has 5 heteroatoms. The Bertz CT molecular complexity index is 367. The van der Waals surface area contributed by atoms with E-state index in [1.807, 2.05) is 24.3 Å². The number of ether oxygens (including phenoxy) is 2. The van der Waals surface area contributed by atoms with E-state index < -0.39 is 0 Å². The monoisotopic (exact) mass is 281 g/mol. The van der Waals surface area contributed by atoms with Gasteiger partial charge in [0, 0.05) is 32.3 Å². The largest absolute Gasteiger partial charge is 0.395 e. The standard InChI is InChI=1S/C15H23NO4/c1-19-12-13-20-11-8-16(7-10-18)15-4-2-14(3-5-15)6-9-17/h2-5,9,18H,6-8,10-13H2,1H3. The molecule has 0 heterocycles. The summed E-state index contributed by atoms with van der Waals surface area (Å²) in [5, 5.41) is 9.13. The topological polar surface area (TPSA) is 59.0 Å². The minimum atomic E-state index is 0.0914. The molecule has 0 amide bonds. The van der Waals surface area contributed by atoms with Gasteiger partial charge in [-0.05, 0) is 17.7 Å². The molecule has 0 saturated carbocycles. The molecule has 0 bridgehead atoms. The lowest BCUT2D eigenvalue weighted by atomic mass is 10.1. The zero-order chi connectivity index (χ0) is 14.6. The maximum atomic E-state index is 10.5. The maximum absolute atomic E-state index is 10.5. The molecule has 0 fully saturated rings. The van der Waals surface area contributed by atoms with Crippen LogP contribution in [0.25, 0.3) is 0 Å². The molecule has 1 aromatic carbocycles. The van der Waals surface area contributed by atoms with Gasteiger partial charge in [-0.1, -0.05) is 12.1 Å². The van der Waals surface area contributed by atoms with Gasteiger partial charge in [0.05, 0.1) is 26.4 Å². The Balaban J connectivity index is 2.49. The van der Waals surface area contributed by atoms with Gasteiger partial charge in [0.2, 0.25) is 0 Å². The Morgan fingerprint density at radius 3 is 2.50 bits per heavy atom. The van der Waals surface area contributed by atoms with Crippen LogP contribution in [0.5, 0.6) is 0 Å². The molecule has 0 unspecified atom stereocenters. The molecule has 0 aliphatic carbocycles. The molecular weight excluding hydrogens is 258 g/mol. The van der Waals surface area contributed by atoms with E-state index in [0.717, 1.165) is 17.5 Å². The highest BCUT2D eigenvalue weighted by Gasteiger charge is 2.06. The zero-order valence-electron chi connectivity index (χ0n) is 12.0. The van der Waals surface area contributed by atoms with Crippen molar-refractivity contribution in [2.24, 2.45) is 0 Å². The fourth-order valence-corrected chi connectivity index (χ4v) is 1.85. The van der Waals surface area contributed by atoms with Crippen molar-refractivity contribution in [2.75, 3.05) is 51.5 Å². The van der Waals surface area contributed by atoms with Crippen molar-refractivity contribution in [2.45, 2.75) is 6.42 Å². The summed E-state index contributed by atoms with van der Waals surface area (Å²) in [6, 6.07) is 7.78. The van der Waals surface area contributed by atoms with Crippen LogP contribution < -0.4 is 4.90 Å². The van der Waals surface area contributed by atoms with Crippen molar-refractivity contribution in [1.29, 1.82) is 0 Å². The van der Waals surface area contributed by atoms with Crippen LogP contribution in [0.3, 0.4) is 0 Å². The van der Waals surface area contributed by atoms with Gasteiger partial charge >= 0.3 is 0 Å². The second kappa shape index (κ2) is 10.4. The van der Waals surface area contributed by atoms with Gasteiger partial charge in [-0.25, -0.2) is 0 Å². The van der Waals surface area contributed by atoms with E-state index in [9.17, 15) is 4.79 Å². The van der Waals surface area contributed by atoms with Crippen molar-refractivity contribution in [3.8, 4) is 0 Å². The number of nitrogens with zero attached hydrogens (tertiary/aromatic N) is 1. The normalized spacial score (nSPS) is 10.5. The Morgan fingerprint density at radius 1 is 1.15 bits per heavy atom. The van der Waals surface area contributed by atoms with E-state index in [1.165, 1.54) is 0 Å². The average molecular weight is 281 g/mol. The highest BCUT2D eigenvalue weighted by molar-refractivity contribution is 5.56. The summed E-state index contributed by atoms with van der Waals surface area (Å²) >= 11 is 0. The lowest BCUT2D eigenvalue weighted by Crippen LogP contribution is -2.30. The van der Waals surface area contributed by atoms with E-state index in [2.05, 4.69) is 4.90 Å². The number of hydrogen-bond donors (Lipinski definition) is 1. The van der Waals surface area contributed by atoms with Gasteiger partial charge in [0.25, 0.3) is 0 Å². The third kappa shape index (κ3) is 6.14. The minimum absolute atomic E-state index is 0.0914. The number of hydrogen-bond acceptors (Lipinski definition) is 5. The van der Waals surface area contributed by atoms with Gasteiger partial charge in [-0.3, -0.25) is 0 Å². The molecule has 1 N–H and O–H groups in total. The van der Waals surface area contributed by atoms with Crippen LogP contribution in [0.2, 0.25) is 0 Å². The quantitative estimate of drug-likeness (QED) is 0.482. The van der Waals surface area contributed by atoms with E-state index in [-0.39, 0.29) is 6.61 Å². The van der Waals surface area contributed by atoms with E-state index >= 15 is 0 Å².